The zero-order valence-corrected chi connectivity index (χ0v) is 15.6. The van der Waals surface area contributed by atoms with Gasteiger partial charge in [0.2, 0.25) is 0 Å². The van der Waals surface area contributed by atoms with E-state index in [1.807, 2.05) is 4.90 Å². The summed E-state index contributed by atoms with van der Waals surface area (Å²) in [5.41, 5.74) is 0. The summed E-state index contributed by atoms with van der Waals surface area (Å²) in [4.78, 5) is 19.4. The SMILES string of the molecule is CC1CN(C(=O)NC2CCCCC2)CC(C)N1CCCN(C)C. The van der Waals surface area contributed by atoms with E-state index < -0.39 is 0 Å². The molecule has 1 saturated carbocycles. The molecule has 1 heterocycles. The Morgan fingerprint density at radius 3 is 2.26 bits per heavy atom. The average molecular weight is 325 g/mol. The Morgan fingerprint density at radius 1 is 1.09 bits per heavy atom. The van der Waals surface area contributed by atoms with Gasteiger partial charge in [0.05, 0.1) is 0 Å². The Labute approximate surface area is 142 Å². The van der Waals surface area contributed by atoms with Crippen molar-refractivity contribution in [1.82, 2.24) is 20.0 Å². The maximum Gasteiger partial charge on any atom is 0.317 e. The van der Waals surface area contributed by atoms with Crippen molar-refractivity contribution < 1.29 is 4.79 Å². The minimum absolute atomic E-state index is 0.156. The van der Waals surface area contributed by atoms with Crippen LogP contribution < -0.4 is 5.32 Å². The van der Waals surface area contributed by atoms with E-state index in [9.17, 15) is 4.79 Å². The second-order valence-corrected chi connectivity index (χ2v) is 7.78. The number of urea groups is 1. The molecule has 23 heavy (non-hydrogen) atoms. The first-order chi connectivity index (χ1) is 11.0. The number of hydrogen-bond acceptors (Lipinski definition) is 3. The van der Waals surface area contributed by atoms with Crippen molar-refractivity contribution in [3.63, 3.8) is 0 Å². The molecule has 1 aliphatic heterocycles. The van der Waals surface area contributed by atoms with Crippen molar-refractivity contribution in [2.24, 2.45) is 0 Å². The van der Waals surface area contributed by atoms with Gasteiger partial charge in [0, 0.05) is 37.8 Å². The number of carbonyl (C=O) groups is 1. The minimum atomic E-state index is 0.156. The lowest BCUT2D eigenvalue weighted by Crippen LogP contribution is -2.60. The molecule has 2 aliphatic rings. The van der Waals surface area contributed by atoms with Crippen LogP contribution in [0, 0.1) is 0 Å². The molecule has 0 spiro atoms. The first-order valence-corrected chi connectivity index (χ1v) is 9.43. The van der Waals surface area contributed by atoms with E-state index in [4.69, 9.17) is 0 Å². The Balaban J connectivity index is 1.79. The third kappa shape index (κ3) is 5.64. The lowest BCUT2D eigenvalue weighted by Gasteiger charge is -2.45. The molecule has 2 atom stereocenters. The second-order valence-electron chi connectivity index (χ2n) is 7.78. The number of nitrogens with one attached hydrogen (secondary N) is 1. The van der Waals surface area contributed by atoms with E-state index in [0.29, 0.717) is 18.1 Å². The fraction of sp³-hybridized carbons (Fsp3) is 0.944. The van der Waals surface area contributed by atoms with Crippen LogP contribution in [0.3, 0.4) is 0 Å². The molecule has 1 saturated heterocycles. The summed E-state index contributed by atoms with van der Waals surface area (Å²) in [7, 11) is 4.25. The molecule has 1 aliphatic carbocycles. The summed E-state index contributed by atoms with van der Waals surface area (Å²) in [6.07, 6.45) is 7.35. The van der Waals surface area contributed by atoms with E-state index >= 15 is 0 Å². The van der Waals surface area contributed by atoms with E-state index in [1.165, 1.54) is 25.7 Å². The highest BCUT2D eigenvalue weighted by Crippen LogP contribution is 2.19. The van der Waals surface area contributed by atoms with Crippen LogP contribution >= 0.6 is 0 Å². The Hall–Kier alpha value is -0.810. The molecule has 0 aromatic carbocycles. The van der Waals surface area contributed by atoms with Gasteiger partial charge in [-0.2, -0.15) is 0 Å². The molecule has 5 nitrogen and oxygen atoms in total. The van der Waals surface area contributed by atoms with E-state index in [1.54, 1.807) is 0 Å². The highest BCUT2D eigenvalue weighted by atomic mass is 16.2. The summed E-state index contributed by atoms with van der Waals surface area (Å²) < 4.78 is 0. The predicted molar refractivity (Wildman–Crippen MR) is 95.8 cm³/mol. The molecule has 0 bridgehead atoms. The monoisotopic (exact) mass is 324 g/mol. The predicted octanol–water partition coefficient (Wildman–Crippen LogP) is 2.38. The van der Waals surface area contributed by atoms with Crippen LogP contribution in [0.1, 0.15) is 52.4 Å². The van der Waals surface area contributed by atoms with Crippen molar-refractivity contribution in [2.75, 3.05) is 40.3 Å². The van der Waals surface area contributed by atoms with Crippen LogP contribution in [-0.2, 0) is 0 Å². The number of hydrogen-bond donors (Lipinski definition) is 1. The zero-order chi connectivity index (χ0) is 16.8. The third-order valence-corrected chi connectivity index (χ3v) is 5.34. The Kier molecular flexibility index (Phi) is 7.15. The first kappa shape index (κ1) is 18.5. The molecular weight excluding hydrogens is 288 g/mol. The van der Waals surface area contributed by atoms with Gasteiger partial charge < -0.3 is 15.1 Å². The molecule has 2 amide bonds. The highest BCUT2D eigenvalue weighted by Gasteiger charge is 2.32. The molecule has 134 valence electrons. The van der Waals surface area contributed by atoms with E-state index in [0.717, 1.165) is 39.0 Å². The normalized spacial score (nSPS) is 27.4. The van der Waals surface area contributed by atoms with E-state index in [-0.39, 0.29) is 6.03 Å². The summed E-state index contributed by atoms with van der Waals surface area (Å²) in [6.45, 7) is 8.47. The summed E-state index contributed by atoms with van der Waals surface area (Å²) in [6, 6.07) is 1.44. The maximum atomic E-state index is 12.6. The van der Waals surface area contributed by atoms with Gasteiger partial charge in [0.1, 0.15) is 0 Å². The van der Waals surface area contributed by atoms with Crippen molar-refractivity contribution >= 4 is 6.03 Å². The number of nitrogens with zero attached hydrogens (tertiary/aromatic N) is 3. The first-order valence-electron chi connectivity index (χ1n) is 9.43. The summed E-state index contributed by atoms with van der Waals surface area (Å²) in [5.74, 6) is 0. The lowest BCUT2D eigenvalue weighted by atomic mass is 9.96. The van der Waals surface area contributed by atoms with Crippen molar-refractivity contribution in [2.45, 2.75) is 70.5 Å². The average Bonchev–Trinajstić information content (AvgIpc) is 2.50. The molecule has 2 unspecified atom stereocenters. The van der Waals surface area contributed by atoms with Gasteiger partial charge in [0.25, 0.3) is 0 Å². The third-order valence-electron chi connectivity index (χ3n) is 5.34. The van der Waals surface area contributed by atoms with Gasteiger partial charge >= 0.3 is 6.03 Å². The second kappa shape index (κ2) is 8.88. The largest absolute Gasteiger partial charge is 0.335 e. The number of rotatable bonds is 5. The van der Waals surface area contributed by atoms with Gasteiger partial charge in [-0.1, -0.05) is 19.3 Å². The van der Waals surface area contributed by atoms with Crippen LogP contribution in [0.4, 0.5) is 4.79 Å². The quantitative estimate of drug-likeness (QED) is 0.844. The molecule has 0 radical (unpaired) electrons. The molecule has 2 fully saturated rings. The van der Waals surface area contributed by atoms with Gasteiger partial charge in [-0.3, -0.25) is 4.90 Å². The summed E-state index contributed by atoms with van der Waals surface area (Å²) in [5, 5.41) is 3.26. The fourth-order valence-corrected chi connectivity index (χ4v) is 4.05. The minimum Gasteiger partial charge on any atom is -0.335 e. The van der Waals surface area contributed by atoms with Crippen molar-refractivity contribution in [3.8, 4) is 0 Å². The van der Waals surface area contributed by atoms with Crippen molar-refractivity contribution in [3.05, 3.63) is 0 Å². The molecule has 1 N–H and O–H groups in total. The highest BCUT2D eigenvalue weighted by molar-refractivity contribution is 5.74. The molecule has 2 rings (SSSR count). The van der Waals surface area contributed by atoms with Gasteiger partial charge in [0.15, 0.2) is 0 Å². The smallest absolute Gasteiger partial charge is 0.317 e. The molecular formula is C18H36N4O. The Bertz CT molecular complexity index is 356. The zero-order valence-electron chi connectivity index (χ0n) is 15.6. The standard InChI is InChI=1S/C18H36N4O/c1-15-13-21(18(23)19-17-9-6-5-7-10-17)14-16(2)22(15)12-8-11-20(3)4/h15-17H,5-14H2,1-4H3,(H,19,23). The number of amides is 2. The summed E-state index contributed by atoms with van der Waals surface area (Å²) >= 11 is 0. The van der Waals surface area contributed by atoms with Gasteiger partial charge in [-0.15, -0.1) is 0 Å². The lowest BCUT2D eigenvalue weighted by molar-refractivity contribution is 0.0520. The van der Waals surface area contributed by atoms with Crippen LogP contribution in [0.2, 0.25) is 0 Å². The van der Waals surface area contributed by atoms with Crippen LogP contribution in [0.15, 0.2) is 0 Å². The Morgan fingerprint density at radius 2 is 1.70 bits per heavy atom. The van der Waals surface area contributed by atoms with Crippen LogP contribution in [-0.4, -0.2) is 79.1 Å². The maximum absolute atomic E-state index is 12.6. The van der Waals surface area contributed by atoms with Crippen molar-refractivity contribution in [1.29, 1.82) is 0 Å². The van der Waals surface area contributed by atoms with Crippen LogP contribution in [0.25, 0.3) is 0 Å². The van der Waals surface area contributed by atoms with Gasteiger partial charge in [-0.25, -0.2) is 4.79 Å². The fourth-order valence-electron chi connectivity index (χ4n) is 4.05. The van der Waals surface area contributed by atoms with Crippen LogP contribution in [0.5, 0.6) is 0 Å². The number of carbonyl (C=O) groups excluding carboxylic acids is 1. The van der Waals surface area contributed by atoms with Gasteiger partial charge in [-0.05, 0) is 53.8 Å². The topological polar surface area (TPSA) is 38.8 Å². The molecule has 5 heteroatoms. The molecule has 0 aromatic rings. The molecule has 0 aromatic heterocycles. The van der Waals surface area contributed by atoms with E-state index in [2.05, 4.69) is 43.1 Å². The number of piperazine rings is 1.